The number of carbonyl (C=O) groups is 1. The molecule has 192 valence electrons. The smallest absolute Gasteiger partial charge is 0.415 e. The Labute approximate surface area is 207 Å². The highest BCUT2D eigenvalue weighted by molar-refractivity contribution is 7.90. The van der Waals surface area contributed by atoms with Crippen LogP contribution in [0.15, 0.2) is 47.2 Å². The third-order valence-corrected chi connectivity index (χ3v) is 8.34. The Morgan fingerprint density at radius 1 is 1.09 bits per heavy atom. The van der Waals surface area contributed by atoms with Crippen molar-refractivity contribution < 1.29 is 27.4 Å². The van der Waals surface area contributed by atoms with Gasteiger partial charge in [-0.25, -0.2) is 4.79 Å². The van der Waals surface area contributed by atoms with Crippen LogP contribution in [0.2, 0.25) is 0 Å². The first-order valence-corrected chi connectivity index (χ1v) is 13.4. The summed E-state index contributed by atoms with van der Waals surface area (Å²) in [6.07, 6.45) is 1.80. The van der Waals surface area contributed by atoms with Gasteiger partial charge >= 0.3 is 16.3 Å². The molecule has 4 rings (SSSR count). The maximum Gasteiger partial charge on any atom is 0.415 e. The summed E-state index contributed by atoms with van der Waals surface area (Å²) in [6, 6.07) is 6.84. The molecular formula is C25H35N3O6S. The van der Waals surface area contributed by atoms with Crippen molar-refractivity contribution in [2.45, 2.75) is 46.3 Å². The first-order valence-electron chi connectivity index (χ1n) is 12.0. The molecule has 2 unspecified atom stereocenters. The quantitative estimate of drug-likeness (QED) is 0.427. The number of hydrogen-bond acceptors (Lipinski definition) is 6. The zero-order valence-corrected chi connectivity index (χ0v) is 21.8. The van der Waals surface area contributed by atoms with Crippen LogP contribution in [0.1, 0.15) is 34.1 Å². The second-order valence-electron chi connectivity index (χ2n) is 9.71. The lowest BCUT2D eigenvalue weighted by atomic mass is 10.1. The van der Waals surface area contributed by atoms with E-state index in [1.54, 1.807) is 36.3 Å². The number of amides is 1. The number of carbonyl (C=O) groups excluding carboxylic acids is 1. The van der Waals surface area contributed by atoms with Crippen molar-refractivity contribution >= 4 is 22.0 Å². The van der Waals surface area contributed by atoms with Crippen molar-refractivity contribution in [2.75, 3.05) is 38.0 Å². The summed E-state index contributed by atoms with van der Waals surface area (Å²) in [6.45, 7) is 9.38. The molecule has 35 heavy (non-hydrogen) atoms. The van der Waals surface area contributed by atoms with E-state index in [9.17, 15) is 13.2 Å². The Morgan fingerprint density at radius 3 is 2.40 bits per heavy atom. The maximum absolute atomic E-state index is 12.9. The van der Waals surface area contributed by atoms with Crippen LogP contribution in [0.3, 0.4) is 0 Å². The van der Waals surface area contributed by atoms with Crippen LogP contribution in [-0.4, -0.2) is 69.2 Å². The number of hydrogen-bond donors (Lipinski definition) is 1. The van der Waals surface area contributed by atoms with E-state index in [-0.39, 0.29) is 12.6 Å². The van der Waals surface area contributed by atoms with Crippen molar-refractivity contribution in [1.82, 2.24) is 9.21 Å². The molecule has 3 fully saturated rings. The predicted octanol–water partition coefficient (Wildman–Crippen LogP) is 3.77. The van der Waals surface area contributed by atoms with Crippen molar-refractivity contribution in [3.05, 3.63) is 47.2 Å². The number of allylic oxidation sites excluding steroid dienone is 3. The number of nitrogens with one attached hydrogen (secondary N) is 1. The van der Waals surface area contributed by atoms with Crippen molar-refractivity contribution in [3.63, 3.8) is 0 Å². The van der Waals surface area contributed by atoms with Gasteiger partial charge in [-0.3, -0.25) is 4.72 Å². The SMILES string of the molecule is C/C=C(/C)C(OC(=O)N1C[C@@H](OC)[C@H](Oc2cccc(NS(=O)(=O)N3CC4CC4C3)c2)C1)=C(C)C. The number of benzene rings is 1. The Hall–Kier alpha value is -2.56. The van der Waals surface area contributed by atoms with Crippen LogP contribution < -0.4 is 9.46 Å². The molecule has 10 heteroatoms. The summed E-state index contributed by atoms with van der Waals surface area (Å²) in [5.74, 6) is 2.08. The molecule has 2 heterocycles. The van der Waals surface area contributed by atoms with E-state index >= 15 is 0 Å². The minimum absolute atomic E-state index is 0.286. The highest BCUT2D eigenvalue weighted by Gasteiger charge is 2.48. The number of anilines is 1. The van der Waals surface area contributed by atoms with Crippen LogP contribution in [0, 0.1) is 11.8 Å². The number of methoxy groups -OCH3 is 1. The van der Waals surface area contributed by atoms with E-state index in [1.807, 2.05) is 33.8 Å². The van der Waals surface area contributed by atoms with Gasteiger partial charge in [0.05, 0.1) is 18.8 Å². The van der Waals surface area contributed by atoms with Gasteiger partial charge in [-0.15, -0.1) is 0 Å². The fourth-order valence-electron chi connectivity index (χ4n) is 4.67. The van der Waals surface area contributed by atoms with E-state index in [4.69, 9.17) is 14.2 Å². The van der Waals surface area contributed by atoms with Crippen molar-refractivity contribution in [1.29, 1.82) is 0 Å². The number of piperidine rings is 1. The van der Waals surface area contributed by atoms with Crippen molar-refractivity contribution in [2.24, 2.45) is 11.8 Å². The maximum atomic E-state index is 12.9. The zero-order valence-electron chi connectivity index (χ0n) is 21.0. The molecule has 1 saturated carbocycles. The van der Waals surface area contributed by atoms with Gasteiger partial charge < -0.3 is 19.1 Å². The largest absolute Gasteiger partial charge is 0.486 e. The highest BCUT2D eigenvalue weighted by atomic mass is 32.2. The fourth-order valence-corrected chi connectivity index (χ4v) is 5.99. The van der Waals surface area contributed by atoms with Crippen LogP contribution in [0.5, 0.6) is 5.75 Å². The molecule has 4 atom stereocenters. The molecule has 2 saturated heterocycles. The molecule has 0 radical (unpaired) electrons. The van der Waals surface area contributed by atoms with E-state index in [0.29, 0.717) is 48.7 Å². The van der Waals surface area contributed by atoms with E-state index in [2.05, 4.69) is 4.72 Å². The molecule has 1 aromatic rings. The third kappa shape index (κ3) is 5.82. The van der Waals surface area contributed by atoms with Gasteiger partial charge in [-0.2, -0.15) is 12.7 Å². The summed E-state index contributed by atoms with van der Waals surface area (Å²) < 4.78 is 47.0. The number of nitrogens with zero attached hydrogens (tertiary/aromatic N) is 2. The number of rotatable bonds is 8. The Balaban J connectivity index is 1.39. The molecule has 1 amide bonds. The lowest BCUT2D eigenvalue weighted by Crippen LogP contribution is -2.35. The number of fused-ring (bicyclic) bond motifs is 1. The Bertz CT molecular complexity index is 1120. The summed E-state index contributed by atoms with van der Waals surface area (Å²) in [5.41, 5.74) is 2.23. The average molecular weight is 506 g/mol. The van der Waals surface area contributed by atoms with Crippen LogP contribution >= 0.6 is 0 Å². The van der Waals surface area contributed by atoms with Gasteiger partial charge in [-0.05, 0) is 69.2 Å². The van der Waals surface area contributed by atoms with Crippen LogP contribution in [0.25, 0.3) is 0 Å². The topological polar surface area (TPSA) is 97.4 Å². The van der Waals surface area contributed by atoms with E-state index < -0.39 is 22.4 Å². The average Bonchev–Trinajstić information content (AvgIpc) is 3.22. The first-order chi connectivity index (χ1) is 16.6. The standard InChI is InChI=1S/C25H35N3O6S/c1-6-17(4)24(16(2)3)34-25(29)27-14-22(32-5)23(15-27)33-21-9-7-8-20(11-21)26-35(30,31)28-12-18-10-19(18)13-28/h6-9,11,18-19,22-23,26H,10,12-15H2,1-5H3/b17-6-/t18?,19?,22-,23-/m1/s1. The first kappa shape index (κ1) is 25.5. The minimum atomic E-state index is -3.60. The lowest BCUT2D eigenvalue weighted by Gasteiger charge is -2.21. The Kier molecular flexibility index (Phi) is 7.44. The molecule has 1 aliphatic carbocycles. The van der Waals surface area contributed by atoms with Gasteiger partial charge in [0.25, 0.3) is 0 Å². The van der Waals surface area contributed by atoms with Gasteiger partial charge in [-0.1, -0.05) is 12.1 Å². The Morgan fingerprint density at radius 2 is 1.77 bits per heavy atom. The van der Waals surface area contributed by atoms with Gasteiger partial charge in [0.1, 0.15) is 23.7 Å². The predicted molar refractivity (Wildman–Crippen MR) is 133 cm³/mol. The molecule has 0 spiro atoms. The second-order valence-corrected chi connectivity index (χ2v) is 11.4. The number of likely N-dealkylation sites (tertiary alicyclic amines) is 1. The normalized spacial score (nSPS) is 26.3. The second kappa shape index (κ2) is 10.2. The van der Waals surface area contributed by atoms with E-state index in [0.717, 1.165) is 17.6 Å². The minimum Gasteiger partial charge on any atom is -0.486 e. The van der Waals surface area contributed by atoms with Crippen molar-refractivity contribution in [3.8, 4) is 5.75 Å². The van der Waals surface area contributed by atoms with Gasteiger partial charge in [0.2, 0.25) is 0 Å². The molecule has 3 aliphatic rings. The molecule has 0 bridgehead atoms. The molecule has 2 aliphatic heterocycles. The summed E-state index contributed by atoms with van der Waals surface area (Å²) in [7, 11) is -2.02. The fraction of sp³-hybridized carbons (Fsp3) is 0.560. The van der Waals surface area contributed by atoms with Crippen LogP contribution in [-0.2, 0) is 19.7 Å². The molecule has 1 N–H and O–H groups in total. The summed E-state index contributed by atoms with van der Waals surface area (Å²) >= 11 is 0. The lowest BCUT2D eigenvalue weighted by molar-refractivity contribution is 0.0341. The summed E-state index contributed by atoms with van der Waals surface area (Å²) in [4.78, 5) is 14.4. The third-order valence-electron chi connectivity index (χ3n) is 6.86. The highest BCUT2D eigenvalue weighted by Crippen LogP contribution is 2.45. The summed E-state index contributed by atoms with van der Waals surface area (Å²) in [5, 5.41) is 0. The molecule has 9 nitrogen and oxygen atoms in total. The monoisotopic (exact) mass is 505 g/mol. The van der Waals surface area contributed by atoms with Crippen LogP contribution in [0.4, 0.5) is 10.5 Å². The van der Waals surface area contributed by atoms with Gasteiger partial charge in [0.15, 0.2) is 0 Å². The molecule has 1 aromatic carbocycles. The number of ether oxygens (including phenoxy) is 3. The molecule has 0 aromatic heterocycles. The zero-order chi connectivity index (χ0) is 25.3. The van der Waals surface area contributed by atoms with Gasteiger partial charge in [0, 0.05) is 26.3 Å². The van der Waals surface area contributed by atoms with E-state index in [1.165, 1.54) is 4.31 Å². The molecular weight excluding hydrogens is 470 g/mol.